The second-order valence-corrected chi connectivity index (χ2v) is 6.79. The van der Waals surface area contributed by atoms with Crippen LogP contribution in [0.4, 0.5) is 0 Å². The molecule has 0 aliphatic carbocycles. The predicted molar refractivity (Wildman–Crippen MR) is 95.1 cm³/mol. The van der Waals surface area contributed by atoms with E-state index in [1.54, 1.807) is 18.2 Å². The Hall–Kier alpha value is -3.26. The Labute approximate surface area is 160 Å². The van der Waals surface area contributed by atoms with Gasteiger partial charge in [0.1, 0.15) is 0 Å². The molecule has 3 aliphatic heterocycles. The van der Waals surface area contributed by atoms with Crippen molar-refractivity contribution in [3.63, 3.8) is 0 Å². The zero-order valence-electron chi connectivity index (χ0n) is 15.3. The van der Waals surface area contributed by atoms with Crippen LogP contribution in [0.5, 0.6) is 23.0 Å². The number of rotatable bonds is 2. The van der Waals surface area contributed by atoms with Crippen LogP contribution < -0.4 is 18.9 Å². The molecule has 8 nitrogen and oxygen atoms in total. The highest BCUT2D eigenvalue weighted by Crippen LogP contribution is 2.48. The van der Waals surface area contributed by atoms with Gasteiger partial charge in [0.15, 0.2) is 23.0 Å². The van der Waals surface area contributed by atoms with Gasteiger partial charge in [-0.25, -0.2) is 0 Å². The molecule has 144 valence electrons. The van der Waals surface area contributed by atoms with Gasteiger partial charge in [-0.15, -0.1) is 0 Å². The molecular weight excluding hydrogens is 366 g/mol. The van der Waals surface area contributed by atoms with Crippen molar-refractivity contribution in [3.8, 4) is 23.0 Å². The number of carbonyl (C=O) groups excluding carboxylic acids is 2. The van der Waals surface area contributed by atoms with Gasteiger partial charge in [-0.2, -0.15) is 0 Å². The smallest absolute Gasteiger partial charge is 0.261 e. The highest BCUT2D eigenvalue weighted by molar-refractivity contribution is 6.18. The van der Waals surface area contributed by atoms with Gasteiger partial charge >= 0.3 is 0 Å². The molecule has 0 unspecified atom stereocenters. The Balaban J connectivity index is 1.75. The van der Waals surface area contributed by atoms with E-state index in [2.05, 4.69) is 0 Å². The summed E-state index contributed by atoms with van der Waals surface area (Å²) in [5.74, 6) is 0.439. The van der Waals surface area contributed by atoms with Gasteiger partial charge in [0.25, 0.3) is 5.91 Å². The number of benzene rings is 2. The summed E-state index contributed by atoms with van der Waals surface area (Å²) in [6, 6.07) is 6.37. The molecule has 1 N–H and O–H groups in total. The van der Waals surface area contributed by atoms with Crippen molar-refractivity contribution in [2.45, 2.75) is 12.1 Å². The summed E-state index contributed by atoms with van der Waals surface area (Å²) in [6.07, 6.45) is 0.467. The number of aliphatic hydroxyl groups is 1. The van der Waals surface area contributed by atoms with Crippen molar-refractivity contribution in [2.75, 3.05) is 27.6 Å². The van der Waals surface area contributed by atoms with Crippen LogP contribution in [0, 0.1) is 0 Å². The van der Waals surface area contributed by atoms with E-state index in [1.807, 2.05) is 0 Å². The van der Waals surface area contributed by atoms with Gasteiger partial charge in [0.2, 0.25) is 18.3 Å². The second-order valence-electron chi connectivity index (χ2n) is 6.79. The van der Waals surface area contributed by atoms with E-state index in [0.29, 0.717) is 29.2 Å². The van der Waals surface area contributed by atoms with Crippen LogP contribution in [-0.2, 0) is 12.1 Å². The van der Waals surface area contributed by atoms with Gasteiger partial charge in [0, 0.05) is 17.7 Å². The molecule has 0 bridgehead atoms. The van der Waals surface area contributed by atoms with Crippen LogP contribution >= 0.6 is 0 Å². The van der Waals surface area contributed by atoms with Crippen molar-refractivity contribution in [3.05, 3.63) is 46.5 Å². The fourth-order valence-corrected chi connectivity index (χ4v) is 4.20. The van der Waals surface area contributed by atoms with Gasteiger partial charge in [-0.3, -0.25) is 14.5 Å². The highest BCUT2D eigenvalue weighted by Gasteiger charge is 2.55. The number of amides is 1. The van der Waals surface area contributed by atoms with Crippen LogP contribution in [0.1, 0.15) is 31.8 Å². The first kappa shape index (κ1) is 16.9. The number of fused-ring (bicyclic) bond motifs is 5. The number of hydrogen-bond acceptors (Lipinski definition) is 7. The summed E-state index contributed by atoms with van der Waals surface area (Å²) < 4.78 is 21.4. The average molecular weight is 383 g/mol. The predicted octanol–water partition coefficient (Wildman–Crippen LogP) is 1.47. The van der Waals surface area contributed by atoms with Crippen molar-refractivity contribution in [1.82, 2.24) is 4.90 Å². The van der Waals surface area contributed by atoms with E-state index >= 15 is 0 Å². The molecule has 0 saturated heterocycles. The van der Waals surface area contributed by atoms with Gasteiger partial charge in [-0.1, -0.05) is 0 Å². The molecule has 0 spiro atoms. The first-order valence-electron chi connectivity index (χ1n) is 8.77. The molecular formula is C20H17NO7. The zero-order chi connectivity index (χ0) is 19.6. The SMILES string of the molecule is COc1ccc2c(c1OC)C(=O)N1CCc3cc4c(cc3[C@]1(O)C2=O)OCO4. The molecule has 2 aromatic rings. The first-order valence-corrected chi connectivity index (χ1v) is 8.77. The Morgan fingerprint density at radius 1 is 1.11 bits per heavy atom. The van der Waals surface area contributed by atoms with Gasteiger partial charge in [-0.05, 0) is 36.2 Å². The number of Topliss-reactive ketones (excluding diaryl/α,β-unsaturated/α-hetero) is 1. The Kier molecular flexibility index (Phi) is 3.39. The molecule has 2 aromatic carbocycles. The lowest BCUT2D eigenvalue weighted by Gasteiger charge is -2.46. The minimum Gasteiger partial charge on any atom is -0.493 e. The molecule has 1 amide bonds. The number of ether oxygens (including phenoxy) is 4. The third-order valence-corrected chi connectivity index (χ3v) is 5.54. The summed E-state index contributed by atoms with van der Waals surface area (Å²) >= 11 is 0. The minimum atomic E-state index is -2.11. The molecule has 0 aromatic heterocycles. The molecule has 8 heteroatoms. The van der Waals surface area contributed by atoms with Crippen LogP contribution in [0.15, 0.2) is 24.3 Å². The van der Waals surface area contributed by atoms with Crippen LogP contribution in [0.3, 0.4) is 0 Å². The molecule has 0 radical (unpaired) electrons. The fourth-order valence-electron chi connectivity index (χ4n) is 4.20. The number of carbonyl (C=O) groups is 2. The van der Waals surface area contributed by atoms with E-state index < -0.39 is 17.4 Å². The van der Waals surface area contributed by atoms with Gasteiger partial charge < -0.3 is 24.1 Å². The second kappa shape index (κ2) is 5.62. The summed E-state index contributed by atoms with van der Waals surface area (Å²) in [4.78, 5) is 27.9. The molecule has 5 rings (SSSR count). The summed E-state index contributed by atoms with van der Waals surface area (Å²) in [5.41, 5.74) is -0.847. The van der Waals surface area contributed by atoms with E-state index in [-0.39, 0.29) is 30.2 Å². The van der Waals surface area contributed by atoms with Gasteiger partial charge in [0.05, 0.1) is 19.8 Å². The van der Waals surface area contributed by atoms with Crippen LogP contribution in [-0.4, -0.2) is 49.3 Å². The van der Waals surface area contributed by atoms with E-state index in [4.69, 9.17) is 18.9 Å². The normalized spacial score (nSPS) is 21.8. The van der Waals surface area contributed by atoms with E-state index in [9.17, 15) is 14.7 Å². The lowest BCUT2D eigenvalue weighted by Crippen LogP contribution is -2.61. The zero-order valence-corrected chi connectivity index (χ0v) is 15.3. The molecule has 3 aliphatic rings. The Morgan fingerprint density at radius 3 is 2.57 bits per heavy atom. The number of ketones is 1. The standard InChI is InChI=1S/C20H17NO7/c1-25-13-4-3-11-16(17(13)26-2)19(23)21-6-5-10-7-14-15(28-9-27-14)8-12(10)20(21,24)18(11)22/h3-4,7-8,24H,5-6,9H2,1-2H3/t20-/m0/s1. The topological polar surface area (TPSA) is 94.5 Å². The summed E-state index contributed by atoms with van der Waals surface area (Å²) in [7, 11) is 2.86. The average Bonchev–Trinajstić information content (AvgIpc) is 3.17. The molecule has 3 heterocycles. The first-order chi connectivity index (χ1) is 13.5. The lowest BCUT2D eigenvalue weighted by molar-refractivity contribution is -0.0739. The van der Waals surface area contributed by atoms with E-state index in [0.717, 1.165) is 5.56 Å². The maximum atomic E-state index is 13.4. The van der Waals surface area contributed by atoms with Crippen molar-refractivity contribution in [2.24, 2.45) is 0 Å². The third-order valence-electron chi connectivity index (χ3n) is 5.54. The minimum absolute atomic E-state index is 0.0765. The van der Waals surface area contributed by atoms with Crippen molar-refractivity contribution in [1.29, 1.82) is 0 Å². The fraction of sp³-hybridized carbons (Fsp3) is 0.300. The summed E-state index contributed by atoms with van der Waals surface area (Å²) in [6.45, 7) is 0.251. The third kappa shape index (κ3) is 1.92. The van der Waals surface area contributed by atoms with Crippen molar-refractivity contribution >= 4 is 11.7 Å². The van der Waals surface area contributed by atoms with E-state index in [1.165, 1.54) is 25.2 Å². The summed E-state index contributed by atoms with van der Waals surface area (Å²) in [5, 5.41) is 11.5. The molecule has 28 heavy (non-hydrogen) atoms. The molecule has 1 atom stereocenters. The van der Waals surface area contributed by atoms with Crippen LogP contribution in [0.2, 0.25) is 0 Å². The lowest BCUT2D eigenvalue weighted by atomic mass is 9.79. The van der Waals surface area contributed by atoms with Crippen molar-refractivity contribution < 1.29 is 33.6 Å². The Morgan fingerprint density at radius 2 is 1.86 bits per heavy atom. The molecule has 0 saturated carbocycles. The monoisotopic (exact) mass is 383 g/mol. The number of nitrogens with zero attached hydrogens (tertiary/aromatic N) is 1. The highest BCUT2D eigenvalue weighted by atomic mass is 16.7. The Bertz CT molecular complexity index is 1050. The largest absolute Gasteiger partial charge is 0.493 e. The van der Waals surface area contributed by atoms with Crippen LogP contribution in [0.25, 0.3) is 0 Å². The number of methoxy groups -OCH3 is 2. The maximum absolute atomic E-state index is 13.4. The number of hydrogen-bond donors (Lipinski definition) is 1. The molecule has 0 fully saturated rings. The quantitative estimate of drug-likeness (QED) is 0.839. The maximum Gasteiger partial charge on any atom is 0.261 e.